The van der Waals surface area contributed by atoms with E-state index < -0.39 is 0 Å². The Balaban J connectivity index is 1.79. The molecule has 112 valence electrons. The zero-order valence-corrected chi connectivity index (χ0v) is 14.1. The number of thioether (sulfide) groups is 1. The van der Waals surface area contributed by atoms with E-state index >= 15 is 0 Å². The number of hydrogen-bond donors (Lipinski definition) is 0. The molecule has 1 aromatic heterocycles. The van der Waals surface area contributed by atoms with Crippen LogP contribution in [0.25, 0.3) is 10.8 Å². The van der Waals surface area contributed by atoms with Crippen LogP contribution in [0.2, 0.25) is 5.02 Å². The zero-order chi connectivity index (χ0) is 14.8. The molecule has 0 bridgehead atoms. The third-order valence-corrected chi connectivity index (χ3v) is 5.86. The molecule has 2 aromatic rings. The van der Waals surface area contributed by atoms with E-state index in [1.165, 1.54) is 29.7 Å². The van der Waals surface area contributed by atoms with E-state index in [0.717, 1.165) is 17.0 Å². The molecule has 2 nitrogen and oxygen atoms in total. The normalized spacial score (nSPS) is 20.3. The van der Waals surface area contributed by atoms with Gasteiger partial charge in [0.05, 0.1) is 5.02 Å². The summed E-state index contributed by atoms with van der Waals surface area (Å²) >= 11 is 8.39. The van der Waals surface area contributed by atoms with Crippen molar-refractivity contribution in [2.75, 3.05) is 13.1 Å². The van der Waals surface area contributed by atoms with Crippen LogP contribution in [0.4, 0.5) is 0 Å². The minimum atomic E-state index is 0.631. The highest BCUT2D eigenvalue weighted by Gasteiger charge is 2.23. The van der Waals surface area contributed by atoms with Crippen molar-refractivity contribution in [3.05, 3.63) is 35.6 Å². The topological polar surface area (TPSA) is 16.1 Å². The average molecular weight is 321 g/mol. The summed E-state index contributed by atoms with van der Waals surface area (Å²) in [5.74, 6) is 0. The Bertz CT molecular complexity index is 629. The van der Waals surface area contributed by atoms with Gasteiger partial charge in [0.1, 0.15) is 0 Å². The van der Waals surface area contributed by atoms with Crippen LogP contribution >= 0.6 is 23.4 Å². The monoisotopic (exact) mass is 320 g/mol. The second-order valence-corrected chi connectivity index (χ2v) is 7.73. The van der Waals surface area contributed by atoms with E-state index in [-0.39, 0.29) is 0 Å². The number of aromatic nitrogens is 1. The Morgan fingerprint density at radius 1 is 1.33 bits per heavy atom. The van der Waals surface area contributed by atoms with Crippen molar-refractivity contribution in [1.29, 1.82) is 0 Å². The molecule has 1 unspecified atom stereocenters. The van der Waals surface area contributed by atoms with Gasteiger partial charge in [-0.2, -0.15) is 0 Å². The molecule has 1 saturated heterocycles. The summed E-state index contributed by atoms with van der Waals surface area (Å²) in [6, 6.07) is 6.93. The maximum atomic E-state index is 6.46. The molecule has 0 saturated carbocycles. The van der Waals surface area contributed by atoms with E-state index in [2.05, 4.69) is 35.9 Å². The molecule has 0 spiro atoms. The average Bonchev–Trinajstić information content (AvgIpc) is 2.48. The molecule has 1 aromatic carbocycles. The molecule has 0 aliphatic carbocycles. The molecule has 4 heteroatoms. The predicted octanol–water partition coefficient (Wildman–Crippen LogP) is 4.85. The molecule has 1 atom stereocenters. The van der Waals surface area contributed by atoms with Gasteiger partial charge in [-0.3, -0.25) is 9.88 Å². The zero-order valence-electron chi connectivity index (χ0n) is 12.6. The number of likely N-dealkylation sites (tertiary alicyclic amines) is 1. The number of pyridine rings is 1. The van der Waals surface area contributed by atoms with Crippen LogP contribution in [0, 0.1) is 0 Å². The van der Waals surface area contributed by atoms with Crippen LogP contribution < -0.4 is 0 Å². The van der Waals surface area contributed by atoms with Gasteiger partial charge >= 0.3 is 0 Å². The van der Waals surface area contributed by atoms with Gasteiger partial charge in [-0.05, 0) is 56.8 Å². The summed E-state index contributed by atoms with van der Waals surface area (Å²) in [7, 11) is 0. The first kappa shape index (κ1) is 15.1. The lowest BCUT2D eigenvalue weighted by atomic mass is 10.1. The SMILES string of the molecule is CC(C)N1CCCC(Sc2cc3ccncc3cc2Cl)C1. The maximum Gasteiger partial charge on any atom is 0.0548 e. The summed E-state index contributed by atoms with van der Waals surface area (Å²) in [6.07, 6.45) is 6.27. The fourth-order valence-electron chi connectivity index (χ4n) is 2.89. The van der Waals surface area contributed by atoms with Crippen molar-refractivity contribution in [2.24, 2.45) is 0 Å². The fourth-order valence-corrected chi connectivity index (χ4v) is 4.47. The van der Waals surface area contributed by atoms with E-state index in [0.29, 0.717) is 11.3 Å². The number of halogens is 1. The van der Waals surface area contributed by atoms with Gasteiger partial charge in [0, 0.05) is 40.5 Å². The van der Waals surface area contributed by atoms with Crippen molar-refractivity contribution in [2.45, 2.75) is 42.9 Å². The Morgan fingerprint density at radius 3 is 3.00 bits per heavy atom. The molecule has 0 N–H and O–H groups in total. The second kappa shape index (κ2) is 6.55. The Hall–Kier alpha value is -0.770. The standard InChI is InChI=1S/C17H21ClN2S/c1-12(2)20-7-3-4-15(11-20)21-17-9-13-5-6-19-10-14(13)8-16(17)18/h5-6,8-10,12,15H,3-4,7,11H2,1-2H3. The molecule has 0 radical (unpaired) electrons. The van der Waals surface area contributed by atoms with Crippen LogP contribution in [-0.4, -0.2) is 34.3 Å². The van der Waals surface area contributed by atoms with Crippen LogP contribution in [0.3, 0.4) is 0 Å². The van der Waals surface area contributed by atoms with Crippen molar-refractivity contribution in [3.63, 3.8) is 0 Å². The van der Waals surface area contributed by atoms with Gasteiger partial charge < -0.3 is 0 Å². The lowest BCUT2D eigenvalue weighted by Crippen LogP contribution is -2.41. The first-order valence-corrected chi connectivity index (χ1v) is 8.83. The minimum Gasteiger partial charge on any atom is -0.300 e. The quantitative estimate of drug-likeness (QED) is 0.804. The lowest BCUT2D eigenvalue weighted by molar-refractivity contribution is 0.189. The van der Waals surface area contributed by atoms with Crippen LogP contribution in [-0.2, 0) is 0 Å². The number of hydrogen-bond acceptors (Lipinski definition) is 3. The highest BCUT2D eigenvalue weighted by atomic mass is 35.5. The Kier molecular flexibility index (Phi) is 4.72. The summed E-state index contributed by atoms with van der Waals surface area (Å²) in [5.41, 5.74) is 0. The number of fused-ring (bicyclic) bond motifs is 1. The van der Waals surface area contributed by atoms with Crippen molar-refractivity contribution in [1.82, 2.24) is 9.88 Å². The molecule has 3 rings (SSSR count). The first-order valence-electron chi connectivity index (χ1n) is 7.57. The third-order valence-electron chi connectivity index (χ3n) is 4.12. The van der Waals surface area contributed by atoms with E-state index in [9.17, 15) is 0 Å². The highest BCUT2D eigenvalue weighted by molar-refractivity contribution is 8.00. The van der Waals surface area contributed by atoms with Gasteiger partial charge in [0.25, 0.3) is 0 Å². The van der Waals surface area contributed by atoms with Crippen molar-refractivity contribution >= 4 is 34.1 Å². The Labute approximate surface area is 135 Å². The van der Waals surface area contributed by atoms with Crippen LogP contribution in [0.1, 0.15) is 26.7 Å². The van der Waals surface area contributed by atoms with Crippen LogP contribution in [0.15, 0.2) is 35.5 Å². The predicted molar refractivity (Wildman–Crippen MR) is 92.3 cm³/mol. The van der Waals surface area contributed by atoms with Crippen LogP contribution in [0.5, 0.6) is 0 Å². The maximum absolute atomic E-state index is 6.46. The molecular weight excluding hydrogens is 300 g/mol. The summed E-state index contributed by atoms with van der Waals surface area (Å²) < 4.78 is 0. The minimum absolute atomic E-state index is 0.631. The molecule has 1 aliphatic rings. The van der Waals surface area contributed by atoms with Gasteiger partial charge in [-0.25, -0.2) is 0 Å². The highest BCUT2D eigenvalue weighted by Crippen LogP contribution is 2.36. The Morgan fingerprint density at radius 2 is 2.19 bits per heavy atom. The summed E-state index contributed by atoms with van der Waals surface area (Å²) in [4.78, 5) is 7.93. The largest absolute Gasteiger partial charge is 0.300 e. The van der Waals surface area contributed by atoms with Gasteiger partial charge in [0.15, 0.2) is 0 Å². The molecular formula is C17H21ClN2S. The smallest absolute Gasteiger partial charge is 0.0548 e. The van der Waals surface area contributed by atoms with Crippen molar-refractivity contribution < 1.29 is 0 Å². The molecule has 21 heavy (non-hydrogen) atoms. The number of benzene rings is 1. The first-order chi connectivity index (χ1) is 10.1. The molecule has 2 heterocycles. The second-order valence-electron chi connectivity index (χ2n) is 5.98. The van der Waals surface area contributed by atoms with E-state index in [4.69, 9.17) is 11.6 Å². The number of nitrogens with zero attached hydrogens (tertiary/aromatic N) is 2. The molecule has 0 amide bonds. The van der Waals surface area contributed by atoms with Gasteiger partial charge in [-0.15, -0.1) is 11.8 Å². The molecule has 1 aliphatic heterocycles. The van der Waals surface area contributed by atoms with Gasteiger partial charge in [-0.1, -0.05) is 11.6 Å². The fraction of sp³-hybridized carbons (Fsp3) is 0.471. The lowest BCUT2D eigenvalue weighted by Gasteiger charge is -2.35. The summed E-state index contributed by atoms with van der Waals surface area (Å²) in [6.45, 7) is 6.95. The molecule has 1 fully saturated rings. The third kappa shape index (κ3) is 3.53. The van der Waals surface area contributed by atoms with Gasteiger partial charge in [0.2, 0.25) is 0 Å². The number of piperidine rings is 1. The van der Waals surface area contributed by atoms with E-state index in [1.54, 1.807) is 0 Å². The summed E-state index contributed by atoms with van der Waals surface area (Å²) in [5, 5.41) is 3.81. The van der Waals surface area contributed by atoms with Crippen molar-refractivity contribution in [3.8, 4) is 0 Å². The van der Waals surface area contributed by atoms with E-state index in [1.807, 2.05) is 30.2 Å². The number of rotatable bonds is 3.